The molecule has 0 aromatic carbocycles. The molecule has 0 amide bonds. The van der Waals surface area contributed by atoms with Gasteiger partial charge in [0.25, 0.3) is 0 Å². The molecule has 6 nitrogen and oxygen atoms in total. The van der Waals surface area contributed by atoms with Crippen LogP contribution in [0.15, 0.2) is 6.07 Å². The average molecular weight is 349 g/mol. The Morgan fingerprint density at radius 3 is 2.68 bits per heavy atom. The van der Waals surface area contributed by atoms with Gasteiger partial charge in [0.15, 0.2) is 5.78 Å². The third kappa shape index (κ3) is 4.70. The molecule has 1 aromatic rings. The van der Waals surface area contributed by atoms with Crippen molar-refractivity contribution in [2.24, 2.45) is 0 Å². The first-order valence-electron chi connectivity index (χ1n) is 9.34. The molecule has 1 atom stereocenters. The summed E-state index contributed by atoms with van der Waals surface area (Å²) in [5.74, 6) is 0.140. The van der Waals surface area contributed by atoms with Crippen LogP contribution in [0.4, 0.5) is 0 Å². The fraction of sp³-hybridized carbons (Fsp3) is 0.737. The highest BCUT2D eigenvalue weighted by Gasteiger charge is 2.28. The monoisotopic (exact) mass is 349 g/mol. The highest BCUT2D eigenvalue weighted by molar-refractivity contribution is 5.99. The first-order chi connectivity index (χ1) is 12.0. The zero-order valence-corrected chi connectivity index (χ0v) is 15.7. The van der Waals surface area contributed by atoms with Crippen molar-refractivity contribution in [1.82, 2.24) is 14.4 Å². The van der Waals surface area contributed by atoms with Crippen LogP contribution in [0.1, 0.15) is 40.6 Å². The number of aliphatic hydroxyl groups is 1. The van der Waals surface area contributed by atoms with E-state index in [-0.39, 0.29) is 5.78 Å². The second-order valence-electron chi connectivity index (χ2n) is 7.57. The van der Waals surface area contributed by atoms with Crippen molar-refractivity contribution < 1.29 is 14.6 Å². The lowest BCUT2D eigenvalue weighted by Crippen LogP contribution is -2.44. The lowest BCUT2D eigenvalue weighted by atomic mass is 10.1. The molecule has 1 N–H and O–H groups in total. The van der Waals surface area contributed by atoms with Crippen LogP contribution in [0.25, 0.3) is 0 Å². The van der Waals surface area contributed by atoms with E-state index < -0.39 is 6.10 Å². The maximum atomic E-state index is 12.7. The minimum absolute atomic E-state index is 0.140. The molecule has 2 heterocycles. The van der Waals surface area contributed by atoms with Crippen LogP contribution in [0.3, 0.4) is 0 Å². The Morgan fingerprint density at radius 1 is 1.36 bits per heavy atom. The number of Topliss-reactive ketones (excluding diaryl/α,β-unsaturated/α-hetero) is 1. The van der Waals surface area contributed by atoms with Crippen LogP contribution in [0.5, 0.6) is 0 Å². The summed E-state index contributed by atoms with van der Waals surface area (Å²) in [6.07, 6.45) is 1.99. The van der Waals surface area contributed by atoms with Crippen molar-refractivity contribution in [2.45, 2.75) is 38.8 Å². The van der Waals surface area contributed by atoms with Crippen LogP contribution in [-0.2, 0) is 4.74 Å². The minimum Gasteiger partial charge on any atom is -0.390 e. The third-order valence-electron chi connectivity index (χ3n) is 5.21. The molecule has 0 spiro atoms. The van der Waals surface area contributed by atoms with Crippen LogP contribution in [0.2, 0.25) is 0 Å². The summed E-state index contributed by atoms with van der Waals surface area (Å²) >= 11 is 0. The number of morpholine rings is 1. The molecule has 1 aliphatic carbocycles. The summed E-state index contributed by atoms with van der Waals surface area (Å²) in [6, 6.07) is 2.61. The van der Waals surface area contributed by atoms with Crippen molar-refractivity contribution in [3.05, 3.63) is 23.0 Å². The Bertz CT molecular complexity index is 603. The number of β-amino-alcohol motifs (C(OH)–C–C–N with tert-alkyl or cyclic N) is 1. The molecule has 2 fully saturated rings. The van der Waals surface area contributed by atoms with E-state index in [4.69, 9.17) is 4.74 Å². The van der Waals surface area contributed by atoms with Crippen LogP contribution < -0.4 is 0 Å². The van der Waals surface area contributed by atoms with Gasteiger partial charge in [0, 0.05) is 49.2 Å². The molecule has 3 rings (SSSR count). The Morgan fingerprint density at radius 2 is 2.04 bits per heavy atom. The molecule has 1 unspecified atom stereocenters. The fourth-order valence-electron chi connectivity index (χ4n) is 3.85. The topological polar surface area (TPSA) is 57.9 Å². The SMILES string of the molecule is Cc1cc(C(=O)CN(C)CC(O)CN2CCOCC2)c(C)n1C1CC1. The second kappa shape index (κ2) is 7.99. The second-order valence-corrected chi connectivity index (χ2v) is 7.57. The van der Waals surface area contributed by atoms with Crippen molar-refractivity contribution >= 4 is 5.78 Å². The number of aromatic nitrogens is 1. The van der Waals surface area contributed by atoms with Gasteiger partial charge in [-0.1, -0.05) is 0 Å². The fourth-order valence-corrected chi connectivity index (χ4v) is 3.85. The molecule has 1 saturated carbocycles. The molecule has 6 heteroatoms. The summed E-state index contributed by atoms with van der Waals surface area (Å²) in [5, 5.41) is 10.3. The molecule has 1 saturated heterocycles. The number of hydrogen-bond donors (Lipinski definition) is 1. The summed E-state index contributed by atoms with van der Waals surface area (Å²) in [4.78, 5) is 16.8. The van der Waals surface area contributed by atoms with Gasteiger partial charge < -0.3 is 14.4 Å². The van der Waals surface area contributed by atoms with Gasteiger partial charge in [-0.3, -0.25) is 14.6 Å². The number of ketones is 1. The van der Waals surface area contributed by atoms with E-state index in [2.05, 4.69) is 16.4 Å². The first-order valence-corrected chi connectivity index (χ1v) is 9.34. The van der Waals surface area contributed by atoms with E-state index in [0.717, 1.165) is 37.6 Å². The normalized spacial score (nSPS) is 20.2. The Labute approximate surface area is 150 Å². The van der Waals surface area contributed by atoms with Crippen LogP contribution in [-0.4, -0.2) is 84.3 Å². The predicted octanol–water partition coefficient (Wildman–Crippen LogP) is 1.25. The quantitative estimate of drug-likeness (QED) is 0.716. The number of carbonyl (C=O) groups is 1. The molecular formula is C19H31N3O3. The van der Waals surface area contributed by atoms with Gasteiger partial charge in [-0.15, -0.1) is 0 Å². The van der Waals surface area contributed by atoms with Crippen molar-refractivity contribution in [3.8, 4) is 0 Å². The van der Waals surface area contributed by atoms with Gasteiger partial charge >= 0.3 is 0 Å². The molecule has 140 valence electrons. The first kappa shape index (κ1) is 18.6. The van der Waals surface area contributed by atoms with E-state index in [1.807, 2.05) is 24.9 Å². The highest BCUT2D eigenvalue weighted by atomic mass is 16.5. The molecule has 0 bridgehead atoms. The van der Waals surface area contributed by atoms with Crippen LogP contribution in [0, 0.1) is 13.8 Å². The lowest BCUT2D eigenvalue weighted by Gasteiger charge is -2.29. The molecule has 2 aliphatic rings. The highest BCUT2D eigenvalue weighted by Crippen LogP contribution is 2.38. The molecule has 1 aliphatic heterocycles. The van der Waals surface area contributed by atoms with E-state index >= 15 is 0 Å². The van der Waals surface area contributed by atoms with E-state index in [1.165, 1.54) is 18.5 Å². The maximum Gasteiger partial charge on any atom is 0.178 e. The predicted molar refractivity (Wildman–Crippen MR) is 97.3 cm³/mol. The lowest BCUT2D eigenvalue weighted by molar-refractivity contribution is 0.00899. The van der Waals surface area contributed by atoms with Gasteiger partial charge in [0.05, 0.1) is 25.9 Å². The van der Waals surface area contributed by atoms with Crippen molar-refractivity contribution in [2.75, 3.05) is 53.0 Å². The third-order valence-corrected chi connectivity index (χ3v) is 5.21. The van der Waals surface area contributed by atoms with E-state index in [9.17, 15) is 9.90 Å². The number of nitrogens with zero attached hydrogens (tertiary/aromatic N) is 3. The molecule has 1 aromatic heterocycles. The van der Waals surface area contributed by atoms with Gasteiger partial charge in [0.1, 0.15) is 0 Å². The van der Waals surface area contributed by atoms with E-state index in [0.29, 0.717) is 25.7 Å². The number of hydrogen-bond acceptors (Lipinski definition) is 5. The number of likely N-dealkylation sites (N-methyl/N-ethyl adjacent to an activating group) is 1. The molecule has 25 heavy (non-hydrogen) atoms. The van der Waals surface area contributed by atoms with Gasteiger partial charge in [0.2, 0.25) is 0 Å². The van der Waals surface area contributed by atoms with Gasteiger partial charge in [-0.25, -0.2) is 0 Å². The number of ether oxygens (including phenoxy) is 1. The van der Waals surface area contributed by atoms with Crippen molar-refractivity contribution in [1.29, 1.82) is 0 Å². The number of rotatable bonds is 8. The molecular weight excluding hydrogens is 318 g/mol. The smallest absolute Gasteiger partial charge is 0.178 e. The summed E-state index contributed by atoms with van der Waals surface area (Å²) in [6.45, 7) is 8.82. The Kier molecular flexibility index (Phi) is 5.94. The average Bonchev–Trinajstić information content (AvgIpc) is 3.33. The zero-order chi connectivity index (χ0) is 18.0. The van der Waals surface area contributed by atoms with E-state index in [1.54, 1.807) is 0 Å². The Balaban J connectivity index is 1.51. The zero-order valence-electron chi connectivity index (χ0n) is 15.7. The number of carbonyl (C=O) groups excluding carboxylic acids is 1. The van der Waals surface area contributed by atoms with Crippen molar-refractivity contribution in [3.63, 3.8) is 0 Å². The minimum atomic E-state index is -0.449. The summed E-state index contributed by atoms with van der Waals surface area (Å²) in [5.41, 5.74) is 3.10. The van der Waals surface area contributed by atoms with Gasteiger partial charge in [-0.05, 0) is 39.8 Å². The molecule has 0 radical (unpaired) electrons. The largest absolute Gasteiger partial charge is 0.390 e. The summed E-state index contributed by atoms with van der Waals surface area (Å²) < 4.78 is 7.63. The summed E-state index contributed by atoms with van der Waals surface area (Å²) in [7, 11) is 1.90. The number of aliphatic hydroxyl groups excluding tert-OH is 1. The van der Waals surface area contributed by atoms with Gasteiger partial charge in [-0.2, -0.15) is 0 Å². The Hall–Kier alpha value is -1.21. The van der Waals surface area contributed by atoms with Crippen LogP contribution >= 0.6 is 0 Å². The number of aryl methyl sites for hydroxylation is 1. The maximum absolute atomic E-state index is 12.7. The standard InChI is InChI=1S/C19H31N3O3/c1-14-10-18(15(2)22(14)16-4-5-16)19(24)13-20(3)11-17(23)12-21-6-8-25-9-7-21/h10,16-17,23H,4-9,11-13H2,1-3H3.